The number of nitrogens with one attached hydrogen (secondary N) is 1. The molecule has 6 heteroatoms. The number of carbonyl (C=O) groups is 1. The number of amides is 1. The summed E-state index contributed by atoms with van der Waals surface area (Å²) in [5.74, 6) is 0.389. The van der Waals surface area contributed by atoms with E-state index in [0.717, 1.165) is 18.2 Å². The molecule has 100 valence electrons. The molecule has 0 aliphatic heterocycles. The summed E-state index contributed by atoms with van der Waals surface area (Å²) < 4.78 is 5.34. The SMILES string of the molecule is CCc1cnc(CNC(=O)c2cc(O)cc(O)c2)o1. The van der Waals surface area contributed by atoms with Crippen molar-refractivity contribution in [2.45, 2.75) is 19.9 Å². The van der Waals surface area contributed by atoms with Crippen LogP contribution in [0.3, 0.4) is 0 Å². The normalized spacial score (nSPS) is 10.4. The lowest BCUT2D eigenvalue weighted by Gasteiger charge is -2.04. The van der Waals surface area contributed by atoms with Gasteiger partial charge >= 0.3 is 0 Å². The Morgan fingerprint density at radius 3 is 2.58 bits per heavy atom. The molecule has 0 spiro atoms. The number of phenolic OH excluding ortho intramolecular Hbond substituents is 2. The van der Waals surface area contributed by atoms with Crippen molar-refractivity contribution in [2.24, 2.45) is 0 Å². The van der Waals surface area contributed by atoms with Crippen molar-refractivity contribution < 1.29 is 19.4 Å². The molecular formula is C13H14N2O4. The lowest BCUT2D eigenvalue weighted by molar-refractivity contribution is 0.0946. The summed E-state index contributed by atoms with van der Waals surface area (Å²) in [5, 5.41) is 21.2. The van der Waals surface area contributed by atoms with Gasteiger partial charge in [0.15, 0.2) is 0 Å². The number of aromatic nitrogens is 1. The first-order chi connectivity index (χ1) is 9.08. The number of hydrogen-bond acceptors (Lipinski definition) is 5. The average Bonchev–Trinajstić information content (AvgIpc) is 2.82. The summed E-state index contributed by atoms with van der Waals surface area (Å²) in [7, 11) is 0. The third kappa shape index (κ3) is 3.25. The average molecular weight is 262 g/mol. The summed E-state index contributed by atoms with van der Waals surface area (Å²) >= 11 is 0. The van der Waals surface area contributed by atoms with Crippen molar-refractivity contribution in [3.8, 4) is 11.5 Å². The Kier molecular flexibility index (Phi) is 3.70. The number of nitrogens with zero attached hydrogens (tertiary/aromatic N) is 1. The molecule has 0 atom stereocenters. The van der Waals surface area contributed by atoms with Crippen molar-refractivity contribution >= 4 is 5.91 Å². The van der Waals surface area contributed by atoms with Gasteiger partial charge in [-0.3, -0.25) is 4.79 Å². The summed E-state index contributed by atoms with van der Waals surface area (Å²) in [6.07, 6.45) is 2.35. The molecular weight excluding hydrogens is 248 g/mol. The van der Waals surface area contributed by atoms with E-state index >= 15 is 0 Å². The van der Waals surface area contributed by atoms with Gasteiger partial charge in [-0.15, -0.1) is 0 Å². The first kappa shape index (κ1) is 12.9. The fourth-order valence-electron chi connectivity index (χ4n) is 1.58. The third-order valence-corrected chi connectivity index (χ3v) is 2.51. The van der Waals surface area contributed by atoms with Gasteiger partial charge in [0.25, 0.3) is 5.91 Å². The Morgan fingerprint density at radius 1 is 1.32 bits per heavy atom. The zero-order valence-corrected chi connectivity index (χ0v) is 10.4. The molecule has 6 nitrogen and oxygen atoms in total. The molecule has 0 aliphatic carbocycles. The van der Waals surface area contributed by atoms with Crippen molar-refractivity contribution in [3.05, 3.63) is 41.6 Å². The van der Waals surface area contributed by atoms with Crippen LogP contribution in [-0.4, -0.2) is 21.1 Å². The second-order valence-corrected chi connectivity index (χ2v) is 3.99. The van der Waals surface area contributed by atoms with Crippen LogP contribution in [0, 0.1) is 0 Å². The minimum absolute atomic E-state index is 0.148. The predicted molar refractivity (Wildman–Crippen MR) is 66.8 cm³/mol. The second kappa shape index (κ2) is 5.43. The van der Waals surface area contributed by atoms with E-state index in [2.05, 4.69) is 10.3 Å². The van der Waals surface area contributed by atoms with E-state index in [0.29, 0.717) is 5.89 Å². The highest BCUT2D eigenvalue weighted by atomic mass is 16.4. The van der Waals surface area contributed by atoms with Gasteiger partial charge in [-0.1, -0.05) is 6.92 Å². The third-order valence-electron chi connectivity index (χ3n) is 2.51. The smallest absolute Gasteiger partial charge is 0.251 e. The summed E-state index contributed by atoms with van der Waals surface area (Å²) in [5.41, 5.74) is 0.166. The van der Waals surface area contributed by atoms with Crippen molar-refractivity contribution in [1.82, 2.24) is 10.3 Å². The number of hydrogen-bond donors (Lipinski definition) is 3. The maximum absolute atomic E-state index is 11.8. The topological polar surface area (TPSA) is 95.6 Å². The Labute approximate surface area is 109 Å². The molecule has 0 fully saturated rings. The molecule has 1 heterocycles. The molecule has 1 aromatic heterocycles. The molecule has 0 aliphatic rings. The maximum Gasteiger partial charge on any atom is 0.251 e. The lowest BCUT2D eigenvalue weighted by Crippen LogP contribution is -2.22. The lowest BCUT2D eigenvalue weighted by atomic mass is 10.2. The summed E-state index contributed by atoms with van der Waals surface area (Å²) in [6.45, 7) is 2.09. The molecule has 0 radical (unpaired) electrons. The fraction of sp³-hybridized carbons (Fsp3) is 0.231. The Hall–Kier alpha value is -2.50. The van der Waals surface area contributed by atoms with Gasteiger partial charge < -0.3 is 19.9 Å². The Bertz CT molecular complexity index is 572. The van der Waals surface area contributed by atoms with Crippen LogP contribution < -0.4 is 5.32 Å². The molecule has 0 saturated heterocycles. The first-order valence-corrected chi connectivity index (χ1v) is 5.83. The number of benzene rings is 1. The Balaban J connectivity index is 2.00. The highest BCUT2D eigenvalue weighted by Gasteiger charge is 2.10. The number of rotatable bonds is 4. The minimum atomic E-state index is -0.428. The highest BCUT2D eigenvalue weighted by Crippen LogP contribution is 2.20. The van der Waals surface area contributed by atoms with E-state index < -0.39 is 5.91 Å². The molecule has 2 rings (SSSR count). The van der Waals surface area contributed by atoms with Crippen molar-refractivity contribution in [2.75, 3.05) is 0 Å². The van der Waals surface area contributed by atoms with Crippen molar-refractivity contribution in [3.63, 3.8) is 0 Å². The van der Waals surface area contributed by atoms with Gasteiger partial charge in [0, 0.05) is 18.1 Å². The van der Waals surface area contributed by atoms with Crippen molar-refractivity contribution in [1.29, 1.82) is 0 Å². The Morgan fingerprint density at radius 2 is 2.00 bits per heavy atom. The van der Waals surface area contributed by atoms with Gasteiger partial charge in [0.1, 0.15) is 17.3 Å². The molecule has 0 saturated carbocycles. The van der Waals surface area contributed by atoms with E-state index in [1.54, 1.807) is 6.20 Å². The van der Waals surface area contributed by atoms with Crippen LogP contribution in [0.4, 0.5) is 0 Å². The summed E-state index contributed by atoms with van der Waals surface area (Å²) in [6, 6.07) is 3.68. The minimum Gasteiger partial charge on any atom is -0.508 e. The monoisotopic (exact) mass is 262 g/mol. The quantitative estimate of drug-likeness (QED) is 0.777. The van der Waals surface area contributed by atoms with Crippen LogP contribution in [-0.2, 0) is 13.0 Å². The number of phenols is 2. The van der Waals surface area contributed by atoms with Crippen LogP contribution in [0.2, 0.25) is 0 Å². The highest BCUT2D eigenvalue weighted by molar-refractivity contribution is 5.94. The van der Waals surface area contributed by atoms with Crippen LogP contribution in [0.15, 0.2) is 28.8 Å². The van der Waals surface area contributed by atoms with Gasteiger partial charge in [-0.05, 0) is 12.1 Å². The van der Waals surface area contributed by atoms with E-state index in [1.165, 1.54) is 12.1 Å². The number of oxazole rings is 1. The second-order valence-electron chi connectivity index (χ2n) is 3.99. The molecule has 0 bridgehead atoms. The van der Waals surface area contributed by atoms with Crippen LogP contribution in [0.1, 0.15) is 28.9 Å². The van der Waals surface area contributed by atoms with Crippen LogP contribution in [0.5, 0.6) is 11.5 Å². The summed E-state index contributed by atoms with van der Waals surface area (Å²) in [4.78, 5) is 15.8. The van der Waals surface area contributed by atoms with Gasteiger partial charge in [-0.2, -0.15) is 0 Å². The maximum atomic E-state index is 11.8. The number of carbonyl (C=O) groups excluding carboxylic acids is 1. The van der Waals surface area contributed by atoms with E-state index in [-0.39, 0.29) is 23.6 Å². The zero-order chi connectivity index (χ0) is 13.8. The fourth-order valence-corrected chi connectivity index (χ4v) is 1.58. The standard InChI is InChI=1S/C13H14N2O4/c1-2-11-6-14-12(19-11)7-15-13(18)8-3-9(16)5-10(17)4-8/h3-6,16-17H,2,7H2,1H3,(H,15,18). The molecule has 0 unspecified atom stereocenters. The molecule has 1 amide bonds. The van der Waals surface area contributed by atoms with Gasteiger partial charge in [0.05, 0.1) is 12.7 Å². The molecule has 3 N–H and O–H groups in total. The first-order valence-electron chi connectivity index (χ1n) is 5.83. The molecule has 1 aromatic carbocycles. The molecule has 19 heavy (non-hydrogen) atoms. The van der Waals surface area contributed by atoms with Gasteiger partial charge in [0.2, 0.25) is 5.89 Å². The largest absolute Gasteiger partial charge is 0.508 e. The van der Waals surface area contributed by atoms with Gasteiger partial charge in [-0.25, -0.2) is 4.98 Å². The molecule has 2 aromatic rings. The van der Waals surface area contributed by atoms with E-state index in [4.69, 9.17) is 4.42 Å². The number of aromatic hydroxyl groups is 2. The van der Waals surface area contributed by atoms with E-state index in [9.17, 15) is 15.0 Å². The predicted octanol–water partition coefficient (Wildman–Crippen LogP) is 1.58. The van der Waals surface area contributed by atoms with Crippen LogP contribution >= 0.6 is 0 Å². The van der Waals surface area contributed by atoms with E-state index in [1.807, 2.05) is 6.92 Å². The van der Waals surface area contributed by atoms with Crippen LogP contribution in [0.25, 0.3) is 0 Å². The number of aryl methyl sites for hydroxylation is 1. The zero-order valence-electron chi connectivity index (χ0n) is 10.4.